The number of nitrogens with one attached hydrogen (secondary N) is 1. The number of rotatable bonds is 55. The van der Waals surface area contributed by atoms with Gasteiger partial charge in [0.25, 0.3) is 0 Å². The van der Waals surface area contributed by atoms with Crippen LogP contribution in [0.2, 0.25) is 0 Å². The standard InChI is InChI=1S/C62H115NO5/c1-3-5-7-9-11-13-15-16-17-25-29-32-36-40-44-48-52-56-62(67)68-57-53-49-45-41-37-33-30-27-24-22-20-18-19-21-23-26-28-31-35-39-43-47-51-55-61(66)63-59(58-64)60(65)54-50-46-42-38-34-14-12-10-8-6-4-2/h11,13,16-17,21,23,50,54,59-60,64-65H,3-10,12,14-15,18-20,22,24-49,51-53,55-58H2,1-2H3,(H,63,66)/b13-11-,17-16-,23-21-,54-50+. The summed E-state index contributed by atoms with van der Waals surface area (Å²) in [4.78, 5) is 24.5. The van der Waals surface area contributed by atoms with Crippen LogP contribution < -0.4 is 5.32 Å². The van der Waals surface area contributed by atoms with E-state index in [0.29, 0.717) is 19.4 Å². The first kappa shape index (κ1) is 65.8. The van der Waals surface area contributed by atoms with Gasteiger partial charge in [0.15, 0.2) is 0 Å². The Morgan fingerprint density at radius 2 is 0.735 bits per heavy atom. The summed E-state index contributed by atoms with van der Waals surface area (Å²) in [5.74, 6) is -0.0734. The van der Waals surface area contributed by atoms with E-state index in [1.165, 1.54) is 225 Å². The highest BCUT2D eigenvalue weighted by molar-refractivity contribution is 5.76. The van der Waals surface area contributed by atoms with Crippen molar-refractivity contribution in [3.05, 3.63) is 48.6 Å². The number of hydrogen-bond acceptors (Lipinski definition) is 5. The average Bonchev–Trinajstić information content (AvgIpc) is 3.34. The molecular weight excluding hydrogens is 839 g/mol. The van der Waals surface area contributed by atoms with Gasteiger partial charge in [-0.25, -0.2) is 0 Å². The van der Waals surface area contributed by atoms with E-state index in [-0.39, 0.29) is 18.5 Å². The van der Waals surface area contributed by atoms with E-state index in [1.807, 2.05) is 6.08 Å². The fourth-order valence-electron chi connectivity index (χ4n) is 8.95. The zero-order chi connectivity index (χ0) is 49.3. The molecule has 0 saturated heterocycles. The van der Waals surface area contributed by atoms with Crippen LogP contribution in [0, 0.1) is 0 Å². The van der Waals surface area contributed by atoms with E-state index in [1.54, 1.807) is 6.08 Å². The maximum Gasteiger partial charge on any atom is 0.305 e. The average molecular weight is 955 g/mol. The lowest BCUT2D eigenvalue weighted by Crippen LogP contribution is -2.45. The number of carbonyl (C=O) groups excluding carboxylic acids is 2. The van der Waals surface area contributed by atoms with E-state index < -0.39 is 12.1 Å². The number of ether oxygens (including phenoxy) is 1. The number of aliphatic hydroxyl groups is 2. The van der Waals surface area contributed by atoms with Gasteiger partial charge in [-0.15, -0.1) is 0 Å². The Morgan fingerprint density at radius 3 is 1.16 bits per heavy atom. The molecular formula is C62H115NO5. The van der Waals surface area contributed by atoms with Gasteiger partial charge in [-0.1, -0.05) is 255 Å². The smallest absolute Gasteiger partial charge is 0.305 e. The molecule has 0 aromatic heterocycles. The summed E-state index contributed by atoms with van der Waals surface area (Å²) >= 11 is 0. The molecule has 68 heavy (non-hydrogen) atoms. The molecule has 0 bridgehead atoms. The second-order valence-electron chi connectivity index (χ2n) is 20.3. The third kappa shape index (κ3) is 53.2. The normalized spacial score (nSPS) is 12.9. The number of carbonyl (C=O) groups is 2. The summed E-state index contributed by atoms with van der Waals surface area (Å²) in [6.07, 6.45) is 72.9. The lowest BCUT2D eigenvalue weighted by Gasteiger charge is -2.20. The first-order valence-corrected chi connectivity index (χ1v) is 29.9. The third-order valence-corrected chi connectivity index (χ3v) is 13.6. The molecule has 2 atom stereocenters. The van der Waals surface area contributed by atoms with Gasteiger partial charge >= 0.3 is 5.97 Å². The second-order valence-corrected chi connectivity index (χ2v) is 20.3. The minimum atomic E-state index is -0.847. The van der Waals surface area contributed by atoms with Gasteiger partial charge in [0.05, 0.1) is 25.4 Å². The minimum Gasteiger partial charge on any atom is -0.466 e. The lowest BCUT2D eigenvalue weighted by atomic mass is 10.0. The molecule has 6 heteroatoms. The van der Waals surface area contributed by atoms with Gasteiger partial charge in [-0.2, -0.15) is 0 Å². The SMILES string of the molecule is CCCCC/C=C\C/C=C\CCCCCCCCCC(=O)OCCCCCCCCCCCCCC/C=C\CCCCCCCCCC(=O)NC(CO)C(O)/C=C/CCCCCCCCCCC. The van der Waals surface area contributed by atoms with Crippen molar-refractivity contribution < 1.29 is 24.5 Å². The molecule has 0 rings (SSSR count). The van der Waals surface area contributed by atoms with Gasteiger partial charge in [0, 0.05) is 12.8 Å². The molecule has 0 radical (unpaired) electrons. The van der Waals surface area contributed by atoms with Crippen molar-refractivity contribution in [1.29, 1.82) is 0 Å². The van der Waals surface area contributed by atoms with Crippen LogP contribution in [0.5, 0.6) is 0 Å². The highest BCUT2D eigenvalue weighted by atomic mass is 16.5. The molecule has 0 aromatic rings. The largest absolute Gasteiger partial charge is 0.466 e. The molecule has 0 saturated carbocycles. The molecule has 0 aliphatic rings. The second kappa shape index (κ2) is 57.4. The molecule has 0 heterocycles. The third-order valence-electron chi connectivity index (χ3n) is 13.6. The summed E-state index contributed by atoms with van der Waals surface area (Å²) in [5, 5.41) is 23.0. The topological polar surface area (TPSA) is 95.9 Å². The van der Waals surface area contributed by atoms with Gasteiger partial charge in [0.2, 0.25) is 5.91 Å². The van der Waals surface area contributed by atoms with E-state index in [4.69, 9.17) is 4.74 Å². The van der Waals surface area contributed by atoms with Crippen LogP contribution in [0.3, 0.4) is 0 Å². The fraction of sp³-hybridized carbons (Fsp3) is 0.839. The quantitative estimate of drug-likeness (QED) is 0.0321. The molecule has 0 fully saturated rings. The summed E-state index contributed by atoms with van der Waals surface area (Å²) in [6.45, 7) is 4.86. The van der Waals surface area contributed by atoms with E-state index in [2.05, 4.69) is 55.6 Å². The van der Waals surface area contributed by atoms with Gasteiger partial charge in [0.1, 0.15) is 0 Å². The number of aliphatic hydroxyl groups excluding tert-OH is 2. The van der Waals surface area contributed by atoms with Crippen LogP contribution in [0.1, 0.15) is 309 Å². The van der Waals surface area contributed by atoms with Crippen LogP contribution in [-0.4, -0.2) is 47.4 Å². The van der Waals surface area contributed by atoms with Crippen LogP contribution in [0.4, 0.5) is 0 Å². The number of allylic oxidation sites excluding steroid dienone is 7. The number of amides is 1. The van der Waals surface area contributed by atoms with Crippen molar-refractivity contribution >= 4 is 11.9 Å². The first-order valence-electron chi connectivity index (χ1n) is 29.9. The molecule has 0 aliphatic heterocycles. The van der Waals surface area contributed by atoms with Gasteiger partial charge in [-0.05, 0) is 89.9 Å². The Kier molecular flexibility index (Phi) is 55.6. The van der Waals surface area contributed by atoms with Crippen molar-refractivity contribution in [2.24, 2.45) is 0 Å². The van der Waals surface area contributed by atoms with Crippen molar-refractivity contribution in [3.63, 3.8) is 0 Å². The summed E-state index contributed by atoms with van der Waals surface area (Å²) < 4.78 is 5.48. The molecule has 0 aliphatic carbocycles. The molecule has 0 spiro atoms. The Balaban J connectivity index is 3.41. The maximum atomic E-state index is 12.4. The predicted molar refractivity (Wildman–Crippen MR) is 296 cm³/mol. The van der Waals surface area contributed by atoms with Crippen molar-refractivity contribution in [1.82, 2.24) is 5.32 Å². The minimum absolute atomic E-state index is 0.00266. The van der Waals surface area contributed by atoms with Crippen molar-refractivity contribution in [2.75, 3.05) is 13.2 Å². The zero-order valence-electron chi connectivity index (χ0n) is 45.3. The van der Waals surface area contributed by atoms with E-state index in [0.717, 1.165) is 57.8 Å². The Labute approximate surface area is 423 Å². The molecule has 1 amide bonds. The van der Waals surface area contributed by atoms with Gasteiger partial charge in [-0.3, -0.25) is 9.59 Å². The highest BCUT2D eigenvalue weighted by Crippen LogP contribution is 2.16. The van der Waals surface area contributed by atoms with Crippen molar-refractivity contribution in [2.45, 2.75) is 321 Å². The Morgan fingerprint density at radius 1 is 0.412 bits per heavy atom. The fourth-order valence-corrected chi connectivity index (χ4v) is 8.95. The predicted octanol–water partition coefficient (Wildman–Crippen LogP) is 18.6. The molecule has 2 unspecified atom stereocenters. The van der Waals surface area contributed by atoms with Gasteiger partial charge < -0.3 is 20.3 Å². The lowest BCUT2D eigenvalue weighted by molar-refractivity contribution is -0.143. The monoisotopic (exact) mass is 954 g/mol. The highest BCUT2D eigenvalue weighted by Gasteiger charge is 2.18. The Hall–Kier alpha value is -2.18. The summed E-state index contributed by atoms with van der Waals surface area (Å²) in [5.41, 5.74) is 0. The zero-order valence-corrected chi connectivity index (χ0v) is 45.3. The molecule has 6 nitrogen and oxygen atoms in total. The van der Waals surface area contributed by atoms with Crippen LogP contribution in [-0.2, 0) is 14.3 Å². The Bertz CT molecular complexity index is 1150. The summed E-state index contributed by atoms with van der Waals surface area (Å²) in [6, 6.07) is -0.632. The van der Waals surface area contributed by atoms with Crippen LogP contribution >= 0.6 is 0 Å². The molecule has 3 N–H and O–H groups in total. The van der Waals surface area contributed by atoms with E-state index in [9.17, 15) is 19.8 Å². The molecule has 0 aromatic carbocycles. The molecule has 398 valence electrons. The van der Waals surface area contributed by atoms with Crippen LogP contribution in [0.25, 0.3) is 0 Å². The van der Waals surface area contributed by atoms with E-state index >= 15 is 0 Å². The first-order chi connectivity index (χ1) is 33.5. The number of esters is 1. The number of unbranched alkanes of at least 4 members (excludes halogenated alkanes) is 38. The van der Waals surface area contributed by atoms with Crippen LogP contribution in [0.15, 0.2) is 48.6 Å². The maximum absolute atomic E-state index is 12.4. The summed E-state index contributed by atoms with van der Waals surface area (Å²) in [7, 11) is 0. The number of hydrogen-bond donors (Lipinski definition) is 3. The van der Waals surface area contributed by atoms with Crippen molar-refractivity contribution in [3.8, 4) is 0 Å².